The van der Waals surface area contributed by atoms with Crippen molar-refractivity contribution in [1.29, 1.82) is 0 Å². The number of carbonyl (C=O) groups excluding carboxylic acids is 1. The molecule has 3 heterocycles. The molecule has 2 saturated heterocycles. The molecule has 10 heteroatoms. The first-order chi connectivity index (χ1) is 16.4. The van der Waals surface area contributed by atoms with Gasteiger partial charge in [0.2, 0.25) is 0 Å². The SMILES string of the molecule is C=C1CC[C@]2(O)[C@]3(C)C[C@]4(O)O[C@@]2([C@@H]1O)[C@]1(O)[C@@]3(O)[C@H](OC(=O)c2cccn2C)[C@](O)(C(C)C)[C@]14C. The van der Waals surface area contributed by atoms with E-state index in [-0.39, 0.29) is 30.5 Å². The van der Waals surface area contributed by atoms with Crippen molar-refractivity contribution < 1.29 is 44.9 Å². The molecule has 6 fully saturated rings. The lowest BCUT2D eigenvalue weighted by molar-refractivity contribution is -0.383. The van der Waals surface area contributed by atoms with E-state index in [4.69, 9.17) is 9.47 Å². The number of nitrogens with zero attached hydrogens (tertiary/aromatic N) is 1. The standard InChI is InChI=1S/C26H35NO9/c1-13(2)23(32)18(35-17(29)15-8-7-11-27(15)6)24(33)19(4)12-22(31)20(23,5)26(24,34)25(36-22)16(28)14(3)9-10-21(19,25)30/h7-8,11,13,16,18,28,30-34H,3,9-10,12H2,1-2,4-6H3/t16-,18-,19+,20-,21+,22+,23-,24-,25-,26-/m1/s1. The molecule has 1 spiro atoms. The topological polar surface area (TPSA) is 162 Å². The molecule has 36 heavy (non-hydrogen) atoms. The van der Waals surface area contributed by atoms with E-state index in [2.05, 4.69) is 6.58 Å². The summed E-state index contributed by atoms with van der Waals surface area (Å²) in [5, 5.41) is 74.0. The molecule has 1 aromatic rings. The van der Waals surface area contributed by atoms with Crippen LogP contribution in [-0.2, 0) is 16.5 Å². The quantitative estimate of drug-likeness (QED) is 0.240. The first kappa shape index (κ1) is 24.5. The Bertz CT molecular complexity index is 1230. The second kappa shape index (κ2) is 6.09. The first-order valence-corrected chi connectivity index (χ1v) is 12.4. The third kappa shape index (κ3) is 1.74. The molecule has 6 bridgehead atoms. The first-order valence-electron chi connectivity index (χ1n) is 12.4. The maximum atomic E-state index is 13.4. The highest BCUT2D eigenvalue weighted by Gasteiger charge is 3.10. The van der Waals surface area contributed by atoms with Gasteiger partial charge in [0.1, 0.15) is 34.2 Å². The normalized spacial score (nSPS) is 56.5. The number of ether oxygens (including phenoxy) is 2. The van der Waals surface area contributed by atoms with Gasteiger partial charge in [-0.05, 0) is 43.4 Å². The summed E-state index contributed by atoms with van der Waals surface area (Å²) >= 11 is 0. The van der Waals surface area contributed by atoms with Crippen LogP contribution in [0.2, 0.25) is 0 Å². The van der Waals surface area contributed by atoms with E-state index in [0.717, 1.165) is 0 Å². The van der Waals surface area contributed by atoms with Crippen LogP contribution in [0.3, 0.4) is 0 Å². The lowest BCUT2D eigenvalue weighted by atomic mass is 9.52. The number of esters is 1. The molecule has 6 aliphatic rings. The number of aliphatic hydroxyl groups excluding tert-OH is 1. The Labute approximate surface area is 208 Å². The van der Waals surface area contributed by atoms with Crippen molar-refractivity contribution >= 4 is 5.97 Å². The van der Waals surface area contributed by atoms with Crippen LogP contribution in [0, 0.1) is 16.7 Å². The third-order valence-electron chi connectivity index (χ3n) is 11.3. The summed E-state index contributed by atoms with van der Waals surface area (Å²) in [6, 6.07) is 3.15. The van der Waals surface area contributed by atoms with Crippen LogP contribution >= 0.6 is 0 Å². The summed E-state index contributed by atoms with van der Waals surface area (Å²) in [6.45, 7) is 10.0. The molecular weight excluding hydrogens is 470 g/mol. The molecule has 0 unspecified atom stereocenters. The van der Waals surface area contributed by atoms with E-state index in [1.54, 1.807) is 33.2 Å². The molecule has 7 rings (SSSR count). The Morgan fingerprint density at radius 3 is 2.42 bits per heavy atom. The molecule has 0 aromatic carbocycles. The van der Waals surface area contributed by atoms with Gasteiger partial charge < -0.3 is 44.7 Å². The van der Waals surface area contributed by atoms with Gasteiger partial charge in [-0.3, -0.25) is 0 Å². The molecule has 10 nitrogen and oxygen atoms in total. The van der Waals surface area contributed by atoms with Crippen molar-refractivity contribution in [2.75, 3.05) is 0 Å². The second-order valence-electron chi connectivity index (χ2n) is 12.4. The maximum Gasteiger partial charge on any atom is 0.355 e. The highest BCUT2D eigenvalue weighted by Crippen LogP contribution is 2.90. The number of aromatic nitrogens is 1. The van der Waals surface area contributed by atoms with Crippen molar-refractivity contribution in [3.8, 4) is 0 Å². The second-order valence-corrected chi connectivity index (χ2v) is 12.4. The van der Waals surface area contributed by atoms with Gasteiger partial charge in [-0.1, -0.05) is 27.4 Å². The minimum atomic E-state index is -2.65. The van der Waals surface area contributed by atoms with E-state index in [9.17, 15) is 35.4 Å². The van der Waals surface area contributed by atoms with Gasteiger partial charge in [0.05, 0.1) is 5.41 Å². The van der Waals surface area contributed by atoms with Crippen molar-refractivity contribution in [1.82, 2.24) is 4.57 Å². The molecule has 10 atom stereocenters. The molecule has 2 aliphatic heterocycles. The highest BCUT2D eigenvalue weighted by molar-refractivity contribution is 5.88. The zero-order valence-corrected chi connectivity index (χ0v) is 21.1. The fourth-order valence-electron chi connectivity index (χ4n) is 9.51. The number of hydrogen-bond donors (Lipinski definition) is 6. The van der Waals surface area contributed by atoms with E-state index in [1.165, 1.54) is 24.5 Å². The largest absolute Gasteiger partial charge is 0.451 e. The van der Waals surface area contributed by atoms with Crippen LogP contribution in [0.15, 0.2) is 30.5 Å². The van der Waals surface area contributed by atoms with Crippen LogP contribution in [-0.4, -0.2) is 87.2 Å². The third-order valence-corrected chi connectivity index (χ3v) is 11.3. The summed E-state index contributed by atoms with van der Waals surface area (Å²) in [5.74, 6) is -3.93. The van der Waals surface area contributed by atoms with Crippen molar-refractivity contribution in [3.63, 3.8) is 0 Å². The minimum absolute atomic E-state index is 0.0330. The monoisotopic (exact) mass is 505 g/mol. The van der Waals surface area contributed by atoms with E-state index in [1.807, 2.05) is 0 Å². The van der Waals surface area contributed by atoms with Crippen molar-refractivity contribution in [2.45, 2.75) is 93.0 Å². The summed E-state index contributed by atoms with van der Waals surface area (Å²) in [6.07, 6.45) is -2.06. The average Bonchev–Trinajstić information content (AvgIpc) is 3.33. The van der Waals surface area contributed by atoms with Crippen LogP contribution in [0.1, 0.15) is 57.4 Å². The van der Waals surface area contributed by atoms with E-state index in [0.29, 0.717) is 0 Å². The Hall–Kier alpha value is -1.79. The number of hydrogen-bond acceptors (Lipinski definition) is 9. The Balaban J connectivity index is 1.69. The molecule has 4 saturated carbocycles. The van der Waals surface area contributed by atoms with Gasteiger partial charge in [-0.2, -0.15) is 0 Å². The Morgan fingerprint density at radius 1 is 1.22 bits per heavy atom. The van der Waals surface area contributed by atoms with Gasteiger partial charge in [-0.15, -0.1) is 0 Å². The zero-order chi connectivity index (χ0) is 26.7. The van der Waals surface area contributed by atoms with Gasteiger partial charge in [-0.25, -0.2) is 4.79 Å². The zero-order valence-electron chi connectivity index (χ0n) is 21.1. The predicted octanol–water partition coefficient (Wildman–Crippen LogP) is -0.257. The lowest BCUT2D eigenvalue weighted by Gasteiger charge is -2.60. The molecule has 0 amide bonds. The smallest absolute Gasteiger partial charge is 0.355 e. The van der Waals surface area contributed by atoms with Crippen LogP contribution in [0.25, 0.3) is 0 Å². The van der Waals surface area contributed by atoms with Crippen molar-refractivity contribution in [2.24, 2.45) is 23.8 Å². The van der Waals surface area contributed by atoms with Crippen LogP contribution in [0.4, 0.5) is 0 Å². The molecule has 0 radical (unpaired) electrons. The van der Waals surface area contributed by atoms with Gasteiger partial charge in [0.25, 0.3) is 0 Å². The van der Waals surface area contributed by atoms with Gasteiger partial charge >= 0.3 is 5.97 Å². The lowest BCUT2D eigenvalue weighted by Crippen LogP contribution is -2.74. The molecule has 1 aromatic heterocycles. The fourth-order valence-corrected chi connectivity index (χ4v) is 9.51. The maximum absolute atomic E-state index is 13.4. The van der Waals surface area contributed by atoms with Gasteiger partial charge in [0, 0.05) is 25.1 Å². The summed E-state index contributed by atoms with van der Waals surface area (Å²) in [7, 11) is 1.64. The molecular formula is C26H35NO9. The van der Waals surface area contributed by atoms with Gasteiger partial charge in [0.15, 0.2) is 17.5 Å². The molecule has 6 N–H and O–H groups in total. The highest BCUT2D eigenvalue weighted by atomic mass is 16.7. The van der Waals surface area contributed by atoms with Crippen LogP contribution < -0.4 is 0 Å². The fraction of sp³-hybridized carbons (Fsp3) is 0.731. The number of aliphatic hydroxyl groups is 6. The predicted molar refractivity (Wildman–Crippen MR) is 123 cm³/mol. The number of carbonyl (C=O) groups is 1. The molecule has 4 aliphatic carbocycles. The van der Waals surface area contributed by atoms with Crippen molar-refractivity contribution in [3.05, 3.63) is 36.2 Å². The molecule has 198 valence electrons. The number of aryl methyl sites for hydroxylation is 1. The Kier molecular flexibility index (Phi) is 4.15. The summed E-state index contributed by atoms with van der Waals surface area (Å²) in [4.78, 5) is 13.4. The minimum Gasteiger partial charge on any atom is -0.451 e. The summed E-state index contributed by atoms with van der Waals surface area (Å²) in [5.41, 5.74) is -15.3. The Morgan fingerprint density at radius 2 is 1.86 bits per heavy atom. The van der Waals surface area contributed by atoms with Crippen LogP contribution in [0.5, 0.6) is 0 Å². The van der Waals surface area contributed by atoms with E-state index < -0.39 is 68.7 Å². The summed E-state index contributed by atoms with van der Waals surface area (Å²) < 4.78 is 13.6. The number of rotatable bonds is 3. The average molecular weight is 506 g/mol. The van der Waals surface area contributed by atoms with E-state index >= 15 is 0 Å².